The molecule has 6 heteroatoms. The second kappa shape index (κ2) is 5.92. The van der Waals surface area contributed by atoms with E-state index in [9.17, 15) is 9.59 Å². The monoisotopic (exact) mass is 338 g/mol. The van der Waals surface area contributed by atoms with Gasteiger partial charge >= 0.3 is 5.97 Å². The summed E-state index contributed by atoms with van der Waals surface area (Å²) in [6.07, 6.45) is 0. The van der Waals surface area contributed by atoms with Crippen molar-refractivity contribution in [2.75, 3.05) is 14.2 Å². The van der Waals surface area contributed by atoms with Crippen LogP contribution in [0.15, 0.2) is 39.2 Å². The van der Waals surface area contributed by atoms with Crippen LogP contribution < -0.4 is 4.74 Å². The van der Waals surface area contributed by atoms with E-state index in [-0.39, 0.29) is 17.3 Å². The van der Waals surface area contributed by atoms with Crippen LogP contribution in [0.3, 0.4) is 0 Å². The molecule has 1 aromatic carbocycles. The number of esters is 1. The fourth-order valence-electron chi connectivity index (χ4n) is 1.62. The summed E-state index contributed by atoms with van der Waals surface area (Å²) >= 11 is 3.31. The Labute approximate surface area is 123 Å². The van der Waals surface area contributed by atoms with Crippen molar-refractivity contribution in [1.29, 1.82) is 0 Å². The standard InChI is InChI=1S/C14H11BrO5/c1-18-10-4-3-8(7-9(10)15)13(16)11-5-6-12(20-11)14(17)19-2/h3-7H,1-2H3. The molecule has 20 heavy (non-hydrogen) atoms. The number of furan rings is 1. The highest BCUT2D eigenvalue weighted by Crippen LogP contribution is 2.26. The Hall–Kier alpha value is -2.08. The predicted molar refractivity (Wildman–Crippen MR) is 74.2 cm³/mol. The summed E-state index contributed by atoms with van der Waals surface area (Å²) in [7, 11) is 2.78. The summed E-state index contributed by atoms with van der Waals surface area (Å²) in [5.41, 5.74) is 0.420. The Balaban J connectivity index is 2.29. The van der Waals surface area contributed by atoms with Crippen LogP contribution in [0, 0.1) is 0 Å². The lowest BCUT2D eigenvalue weighted by atomic mass is 10.1. The minimum absolute atomic E-state index is 0.0107. The number of benzene rings is 1. The molecule has 2 aromatic rings. The van der Waals surface area contributed by atoms with Crippen LogP contribution in [0.2, 0.25) is 0 Å². The summed E-state index contributed by atoms with van der Waals surface area (Å²) in [6, 6.07) is 7.75. The van der Waals surface area contributed by atoms with Gasteiger partial charge in [-0.2, -0.15) is 0 Å². The molecule has 0 radical (unpaired) electrons. The molecule has 0 saturated heterocycles. The molecule has 0 amide bonds. The van der Waals surface area contributed by atoms with Gasteiger partial charge in [-0.05, 0) is 46.3 Å². The Morgan fingerprint density at radius 3 is 2.40 bits per heavy atom. The van der Waals surface area contributed by atoms with Crippen LogP contribution in [0.25, 0.3) is 0 Å². The number of ether oxygens (including phenoxy) is 2. The molecule has 0 atom stereocenters. The maximum atomic E-state index is 12.2. The van der Waals surface area contributed by atoms with E-state index < -0.39 is 5.97 Å². The summed E-state index contributed by atoms with van der Waals surface area (Å²) in [6.45, 7) is 0. The van der Waals surface area contributed by atoms with Gasteiger partial charge in [0.25, 0.3) is 0 Å². The lowest BCUT2D eigenvalue weighted by Crippen LogP contribution is -2.01. The summed E-state index contributed by atoms with van der Waals surface area (Å²) in [4.78, 5) is 23.5. The van der Waals surface area contributed by atoms with Crippen molar-refractivity contribution in [1.82, 2.24) is 0 Å². The first-order valence-corrected chi connectivity index (χ1v) is 6.42. The van der Waals surface area contributed by atoms with Crippen molar-refractivity contribution in [3.8, 4) is 5.75 Å². The molecule has 0 aliphatic heterocycles. The molecule has 5 nitrogen and oxygen atoms in total. The third-order valence-corrected chi connectivity index (χ3v) is 3.25. The van der Waals surface area contributed by atoms with E-state index in [1.807, 2.05) is 0 Å². The van der Waals surface area contributed by atoms with Gasteiger partial charge in [-0.1, -0.05) is 0 Å². The van der Waals surface area contributed by atoms with Crippen LogP contribution in [0.4, 0.5) is 0 Å². The van der Waals surface area contributed by atoms with E-state index in [0.29, 0.717) is 15.8 Å². The molecule has 1 aromatic heterocycles. The second-order valence-corrected chi connectivity index (χ2v) is 4.69. The van der Waals surface area contributed by atoms with Gasteiger partial charge < -0.3 is 13.9 Å². The molecule has 2 rings (SSSR count). The number of hydrogen-bond donors (Lipinski definition) is 0. The fourth-order valence-corrected chi connectivity index (χ4v) is 2.16. The molecule has 0 saturated carbocycles. The van der Waals surface area contributed by atoms with E-state index >= 15 is 0 Å². The van der Waals surface area contributed by atoms with Crippen LogP contribution in [-0.2, 0) is 4.74 Å². The minimum Gasteiger partial charge on any atom is -0.496 e. The third kappa shape index (κ3) is 2.75. The van der Waals surface area contributed by atoms with E-state index in [2.05, 4.69) is 20.7 Å². The van der Waals surface area contributed by atoms with Crippen molar-refractivity contribution >= 4 is 27.7 Å². The molecule has 0 spiro atoms. The number of carbonyl (C=O) groups is 2. The molecule has 0 bridgehead atoms. The summed E-state index contributed by atoms with van der Waals surface area (Å²) in [5.74, 6) is -0.273. The van der Waals surface area contributed by atoms with E-state index in [1.54, 1.807) is 18.2 Å². The van der Waals surface area contributed by atoms with Crippen LogP contribution in [0.1, 0.15) is 26.7 Å². The normalized spacial score (nSPS) is 10.2. The fraction of sp³-hybridized carbons (Fsp3) is 0.143. The first-order valence-electron chi connectivity index (χ1n) is 5.63. The van der Waals surface area contributed by atoms with Gasteiger partial charge in [-0.25, -0.2) is 4.79 Å². The molecule has 1 heterocycles. The Bertz CT molecular complexity index is 659. The maximum absolute atomic E-state index is 12.2. The number of methoxy groups -OCH3 is 2. The first-order chi connectivity index (χ1) is 9.56. The number of rotatable bonds is 4. The highest BCUT2D eigenvalue weighted by molar-refractivity contribution is 9.10. The van der Waals surface area contributed by atoms with Crippen LogP contribution in [0.5, 0.6) is 5.75 Å². The van der Waals surface area contributed by atoms with Crippen molar-refractivity contribution in [3.63, 3.8) is 0 Å². The quantitative estimate of drug-likeness (QED) is 0.633. The van der Waals surface area contributed by atoms with Gasteiger partial charge in [0.05, 0.1) is 18.7 Å². The van der Waals surface area contributed by atoms with E-state index in [0.717, 1.165) is 0 Å². The molecule has 0 aliphatic carbocycles. The predicted octanol–water partition coefficient (Wildman–Crippen LogP) is 3.07. The van der Waals surface area contributed by atoms with Crippen molar-refractivity contribution in [2.45, 2.75) is 0 Å². The Morgan fingerprint density at radius 1 is 1.10 bits per heavy atom. The lowest BCUT2D eigenvalue weighted by molar-refractivity contribution is 0.0563. The molecule has 0 aliphatic rings. The number of carbonyl (C=O) groups excluding carboxylic acids is 2. The summed E-state index contributed by atoms with van der Waals surface area (Å²) < 4.78 is 15.4. The van der Waals surface area contributed by atoms with Crippen molar-refractivity contribution in [2.24, 2.45) is 0 Å². The van der Waals surface area contributed by atoms with Crippen LogP contribution >= 0.6 is 15.9 Å². The van der Waals surface area contributed by atoms with Gasteiger partial charge in [0.15, 0.2) is 5.76 Å². The van der Waals surface area contributed by atoms with E-state index in [1.165, 1.54) is 26.4 Å². The number of ketones is 1. The van der Waals surface area contributed by atoms with Crippen LogP contribution in [-0.4, -0.2) is 26.0 Å². The van der Waals surface area contributed by atoms with Gasteiger partial charge in [0, 0.05) is 5.56 Å². The highest BCUT2D eigenvalue weighted by Gasteiger charge is 2.18. The average molecular weight is 339 g/mol. The van der Waals surface area contributed by atoms with Gasteiger partial charge in [0.1, 0.15) is 5.75 Å². The zero-order valence-corrected chi connectivity index (χ0v) is 12.4. The SMILES string of the molecule is COC(=O)c1ccc(C(=O)c2ccc(OC)c(Br)c2)o1. The van der Waals surface area contributed by atoms with Crippen molar-refractivity contribution in [3.05, 3.63) is 51.9 Å². The molecular weight excluding hydrogens is 328 g/mol. The average Bonchev–Trinajstić information content (AvgIpc) is 2.95. The molecular formula is C14H11BrO5. The Morgan fingerprint density at radius 2 is 1.80 bits per heavy atom. The number of halogens is 1. The lowest BCUT2D eigenvalue weighted by Gasteiger charge is -2.04. The second-order valence-electron chi connectivity index (χ2n) is 3.83. The zero-order valence-electron chi connectivity index (χ0n) is 10.8. The van der Waals surface area contributed by atoms with Gasteiger partial charge in [0.2, 0.25) is 11.5 Å². The molecule has 0 fully saturated rings. The molecule has 0 unspecified atom stereocenters. The third-order valence-electron chi connectivity index (χ3n) is 2.63. The first kappa shape index (κ1) is 14.3. The highest BCUT2D eigenvalue weighted by atomic mass is 79.9. The maximum Gasteiger partial charge on any atom is 0.373 e. The largest absolute Gasteiger partial charge is 0.496 e. The topological polar surface area (TPSA) is 65.7 Å². The zero-order chi connectivity index (χ0) is 14.7. The summed E-state index contributed by atoms with van der Waals surface area (Å²) in [5, 5.41) is 0. The molecule has 0 N–H and O–H groups in total. The Kier molecular flexibility index (Phi) is 4.24. The number of hydrogen-bond acceptors (Lipinski definition) is 5. The molecule has 104 valence electrons. The van der Waals surface area contributed by atoms with Gasteiger partial charge in [-0.15, -0.1) is 0 Å². The van der Waals surface area contributed by atoms with Crippen molar-refractivity contribution < 1.29 is 23.5 Å². The van der Waals surface area contributed by atoms with E-state index in [4.69, 9.17) is 9.15 Å². The smallest absolute Gasteiger partial charge is 0.373 e. The van der Waals surface area contributed by atoms with Gasteiger partial charge in [-0.3, -0.25) is 4.79 Å². The minimum atomic E-state index is -0.625.